The summed E-state index contributed by atoms with van der Waals surface area (Å²) in [4.78, 5) is 14.9. The van der Waals surface area contributed by atoms with E-state index in [2.05, 4.69) is 37.0 Å². The number of nitrogens with zero attached hydrogens (tertiary/aromatic N) is 5. The highest BCUT2D eigenvalue weighted by molar-refractivity contribution is 5.86. The van der Waals surface area contributed by atoms with Crippen molar-refractivity contribution in [3.8, 4) is 5.75 Å². The molecule has 0 aromatic carbocycles. The zero-order chi connectivity index (χ0) is 15.1. The van der Waals surface area contributed by atoms with Crippen LogP contribution in [0.3, 0.4) is 0 Å². The first-order chi connectivity index (χ1) is 10.8. The summed E-state index contributed by atoms with van der Waals surface area (Å²) < 4.78 is 5.82. The molecule has 1 unspecified atom stereocenters. The summed E-state index contributed by atoms with van der Waals surface area (Å²) in [5.41, 5.74) is 7.66. The van der Waals surface area contributed by atoms with Gasteiger partial charge in [0.25, 0.3) is 0 Å². The lowest BCUT2D eigenvalue weighted by Crippen LogP contribution is -2.30. The minimum atomic E-state index is -0.0146. The summed E-state index contributed by atoms with van der Waals surface area (Å²) in [5.74, 6) is 2.07. The quantitative estimate of drug-likeness (QED) is 0.697. The normalized spacial score (nSPS) is 17.9. The van der Waals surface area contributed by atoms with Crippen LogP contribution >= 0.6 is 0 Å². The molecule has 0 spiro atoms. The molecule has 0 aliphatic carbocycles. The number of nitrogen functional groups attached to an aromatic ring is 1. The number of hydrogen-bond donors (Lipinski definition) is 2. The van der Waals surface area contributed by atoms with Crippen molar-refractivity contribution >= 4 is 22.7 Å². The Hall–Kier alpha value is -2.90. The van der Waals surface area contributed by atoms with Crippen molar-refractivity contribution in [2.45, 2.75) is 13.0 Å². The van der Waals surface area contributed by atoms with Crippen LogP contribution in [0.1, 0.15) is 18.5 Å². The predicted molar refractivity (Wildman–Crippen MR) is 81.6 cm³/mol. The maximum Gasteiger partial charge on any atom is 0.160 e. The Bertz CT molecular complexity index is 831. The Balaban J connectivity index is 1.86. The van der Waals surface area contributed by atoms with E-state index in [4.69, 9.17) is 10.5 Å². The van der Waals surface area contributed by atoms with Crippen molar-refractivity contribution in [3.63, 3.8) is 0 Å². The summed E-state index contributed by atoms with van der Waals surface area (Å²) in [7, 11) is 0. The van der Waals surface area contributed by atoms with Crippen LogP contribution in [0.15, 0.2) is 24.8 Å². The number of hydrogen-bond acceptors (Lipinski definition) is 7. The molecule has 1 aliphatic rings. The molecule has 4 rings (SSSR count). The molecule has 0 fully saturated rings. The lowest BCUT2D eigenvalue weighted by Gasteiger charge is -2.28. The van der Waals surface area contributed by atoms with E-state index in [-0.39, 0.29) is 6.04 Å². The van der Waals surface area contributed by atoms with E-state index in [1.54, 1.807) is 12.4 Å². The molecule has 0 amide bonds. The zero-order valence-electron chi connectivity index (χ0n) is 12.0. The van der Waals surface area contributed by atoms with Gasteiger partial charge in [-0.15, -0.1) is 0 Å². The fraction of sp³-hybridized carbons (Fsp3) is 0.286. The van der Waals surface area contributed by atoms with Crippen LogP contribution in [0.25, 0.3) is 11.0 Å². The van der Waals surface area contributed by atoms with E-state index in [0.717, 1.165) is 22.5 Å². The first-order valence-corrected chi connectivity index (χ1v) is 7.03. The van der Waals surface area contributed by atoms with E-state index in [1.807, 2.05) is 6.07 Å². The van der Waals surface area contributed by atoms with Gasteiger partial charge in [-0.25, -0.2) is 15.0 Å². The fourth-order valence-electron chi connectivity index (χ4n) is 2.89. The molecular weight excluding hydrogens is 282 g/mol. The largest absolute Gasteiger partial charge is 0.491 e. The highest BCUT2D eigenvalue weighted by Crippen LogP contribution is 2.37. The van der Waals surface area contributed by atoms with Crippen molar-refractivity contribution < 1.29 is 4.74 Å². The van der Waals surface area contributed by atoms with E-state index < -0.39 is 0 Å². The highest BCUT2D eigenvalue weighted by atomic mass is 16.5. The van der Waals surface area contributed by atoms with Crippen molar-refractivity contribution in [2.75, 3.05) is 23.8 Å². The SMILES string of the molecule is CC1c2c(ccnc2N)OCCN1c1ncnc2[nH]ncc12. The van der Waals surface area contributed by atoms with Gasteiger partial charge in [-0.1, -0.05) is 0 Å². The standard InChI is InChI=1S/C14H15N7O/c1-8-11-10(2-3-16-12(11)15)22-5-4-21(8)14-9-6-19-20-13(9)17-7-18-14/h2-3,6-8H,4-5H2,1H3,(H2,15,16)(H,17,18,19,20). The topological polar surface area (TPSA) is 106 Å². The van der Waals surface area contributed by atoms with Crippen LogP contribution in [0.4, 0.5) is 11.6 Å². The summed E-state index contributed by atoms with van der Waals surface area (Å²) in [6.45, 7) is 3.30. The van der Waals surface area contributed by atoms with Crippen LogP contribution in [0, 0.1) is 0 Å². The third-order valence-corrected chi connectivity index (χ3v) is 3.96. The summed E-state index contributed by atoms with van der Waals surface area (Å²) in [5, 5.41) is 7.78. The number of aromatic nitrogens is 5. The van der Waals surface area contributed by atoms with Crippen molar-refractivity contribution in [3.05, 3.63) is 30.4 Å². The van der Waals surface area contributed by atoms with Gasteiger partial charge in [-0.3, -0.25) is 5.10 Å². The number of fused-ring (bicyclic) bond motifs is 2. The molecule has 3 N–H and O–H groups in total. The number of rotatable bonds is 1. The van der Waals surface area contributed by atoms with Crippen molar-refractivity contribution in [1.29, 1.82) is 0 Å². The monoisotopic (exact) mass is 297 g/mol. The summed E-state index contributed by atoms with van der Waals surface area (Å²) >= 11 is 0. The maximum atomic E-state index is 6.07. The molecule has 3 aromatic rings. The van der Waals surface area contributed by atoms with Gasteiger partial charge >= 0.3 is 0 Å². The van der Waals surface area contributed by atoms with Crippen LogP contribution in [-0.2, 0) is 0 Å². The molecule has 1 aliphatic heterocycles. The smallest absolute Gasteiger partial charge is 0.160 e. The number of nitrogens with two attached hydrogens (primary N) is 1. The van der Waals surface area contributed by atoms with E-state index >= 15 is 0 Å². The highest BCUT2D eigenvalue weighted by Gasteiger charge is 2.28. The molecule has 0 bridgehead atoms. The van der Waals surface area contributed by atoms with Gasteiger partial charge in [0.2, 0.25) is 0 Å². The maximum absolute atomic E-state index is 6.07. The minimum absolute atomic E-state index is 0.0146. The number of ether oxygens (including phenoxy) is 1. The second kappa shape index (κ2) is 4.83. The zero-order valence-corrected chi connectivity index (χ0v) is 12.0. The summed E-state index contributed by atoms with van der Waals surface area (Å²) in [6, 6.07) is 1.83. The van der Waals surface area contributed by atoms with Gasteiger partial charge in [-0.2, -0.15) is 5.10 Å². The lowest BCUT2D eigenvalue weighted by atomic mass is 10.1. The molecule has 3 aromatic heterocycles. The van der Waals surface area contributed by atoms with E-state index in [1.165, 1.54) is 6.33 Å². The number of anilines is 2. The molecule has 0 saturated heterocycles. The molecule has 1 atom stereocenters. The molecule has 8 heteroatoms. The molecule has 22 heavy (non-hydrogen) atoms. The van der Waals surface area contributed by atoms with Crippen molar-refractivity contribution in [2.24, 2.45) is 0 Å². The number of aromatic amines is 1. The fourth-order valence-corrected chi connectivity index (χ4v) is 2.89. The van der Waals surface area contributed by atoms with Crippen LogP contribution < -0.4 is 15.4 Å². The Morgan fingerprint density at radius 1 is 1.36 bits per heavy atom. The lowest BCUT2D eigenvalue weighted by molar-refractivity contribution is 0.331. The minimum Gasteiger partial charge on any atom is -0.491 e. The van der Waals surface area contributed by atoms with Gasteiger partial charge in [0, 0.05) is 6.20 Å². The van der Waals surface area contributed by atoms with Gasteiger partial charge in [0.1, 0.15) is 30.3 Å². The third kappa shape index (κ3) is 1.84. The van der Waals surface area contributed by atoms with Gasteiger partial charge in [0.15, 0.2) is 5.65 Å². The van der Waals surface area contributed by atoms with Gasteiger partial charge in [0.05, 0.1) is 29.7 Å². The van der Waals surface area contributed by atoms with Crippen LogP contribution in [-0.4, -0.2) is 38.3 Å². The second-order valence-corrected chi connectivity index (χ2v) is 5.16. The number of nitrogens with one attached hydrogen (secondary N) is 1. The Morgan fingerprint density at radius 3 is 3.18 bits per heavy atom. The van der Waals surface area contributed by atoms with Crippen LogP contribution in [0.2, 0.25) is 0 Å². The first kappa shape index (κ1) is 12.8. The molecular formula is C14H15N7O. The molecule has 4 heterocycles. The molecule has 112 valence electrons. The average Bonchev–Trinajstić information content (AvgIpc) is 2.93. The average molecular weight is 297 g/mol. The second-order valence-electron chi connectivity index (χ2n) is 5.16. The molecule has 0 saturated carbocycles. The first-order valence-electron chi connectivity index (χ1n) is 7.03. The number of H-pyrrole nitrogens is 1. The third-order valence-electron chi connectivity index (χ3n) is 3.96. The van der Waals surface area contributed by atoms with Crippen molar-refractivity contribution in [1.82, 2.24) is 25.1 Å². The number of pyridine rings is 1. The molecule has 8 nitrogen and oxygen atoms in total. The predicted octanol–water partition coefficient (Wildman–Crippen LogP) is 1.29. The van der Waals surface area contributed by atoms with E-state index in [0.29, 0.717) is 24.6 Å². The summed E-state index contributed by atoms with van der Waals surface area (Å²) in [6.07, 6.45) is 4.92. The Kier molecular flexibility index (Phi) is 2.81. The Morgan fingerprint density at radius 2 is 2.27 bits per heavy atom. The van der Waals surface area contributed by atoms with Crippen LogP contribution in [0.5, 0.6) is 5.75 Å². The van der Waals surface area contributed by atoms with E-state index in [9.17, 15) is 0 Å². The Labute approximate surface area is 126 Å². The molecule has 0 radical (unpaired) electrons. The van der Waals surface area contributed by atoms with Gasteiger partial charge in [-0.05, 0) is 13.0 Å². The van der Waals surface area contributed by atoms with Gasteiger partial charge < -0.3 is 15.4 Å².